The number of hydrogen-bond acceptors (Lipinski definition) is 2. The Bertz CT molecular complexity index is 405. The van der Waals surface area contributed by atoms with Gasteiger partial charge in [0.25, 0.3) is 0 Å². The van der Waals surface area contributed by atoms with Crippen molar-refractivity contribution in [2.45, 2.75) is 31.8 Å². The third kappa shape index (κ3) is 3.71. The molecule has 0 atom stereocenters. The van der Waals surface area contributed by atoms with E-state index in [1.165, 1.54) is 18.9 Å². The van der Waals surface area contributed by atoms with E-state index in [4.69, 9.17) is 0 Å². The molecular weight excluding hydrogens is 241 g/mol. The minimum Gasteiger partial charge on any atom is -0.314 e. The fourth-order valence-electron chi connectivity index (χ4n) is 1.73. The van der Waals surface area contributed by atoms with Crippen LogP contribution in [0.15, 0.2) is 12.1 Å². The zero-order chi connectivity index (χ0) is 13.0. The molecule has 0 unspecified atom stereocenters. The minimum atomic E-state index is -1.40. The van der Waals surface area contributed by atoms with Gasteiger partial charge >= 0.3 is 0 Å². The van der Waals surface area contributed by atoms with Gasteiger partial charge in [0.05, 0.1) is 0 Å². The Balaban J connectivity index is 1.67. The molecule has 1 fully saturated rings. The molecule has 0 aliphatic heterocycles. The summed E-state index contributed by atoms with van der Waals surface area (Å²) in [5, 5.41) is 6.37. The highest BCUT2D eigenvalue weighted by atomic mass is 19.2. The molecule has 1 saturated carbocycles. The molecule has 0 aromatic heterocycles. The average molecular weight is 258 g/mol. The van der Waals surface area contributed by atoms with E-state index in [2.05, 4.69) is 10.6 Å². The molecular formula is C13H17F3N2. The van der Waals surface area contributed by atoms with E-state index in [1.54, 1.807) is 0 Å². The molecule has 0 amide bonds. The summed E-state index contributed by atoms with van der Waals surface area (Å²) in [5.41, 5.74) is 0.157. The fourth-order valence-corrected chi connectivity index (χ4v) is 1.73. The average Bonchev–Trinajstić information content (AvgIpc) is 3.17. The molecule has 2 N–H and O–H groups in total. The van der Waals surface area contributed by atoms with E-state index in [9.17, 15) is 13.2 Å². The monoisotopic (exact) mass is 258 g/mol. The SMILES string of the molecule is Fc1ccc(CNCCCNC2CC2)c(F)c1F. The third-order valence-corrected chi connectivity index (χ3v) is 2.97. The lowest BCUT2D eigenvalue weighted by atomic mass is 10.2. The van der Waals surface area contributed by atoms with Gasteiger partial charge in [-0.05, 0) is 38.4 Å². The summed E-state index contributed by atoms with van der Waals surface area (Å²) in [7, 11) is 0. The second kappa shape index (κ2) is 6.20. The van der Waals surface area contributed by atoms with Crippen LogP contribution in [0.5, 0.6) is 0 Å². The molecule has 0 spiro atoms. The first-order valence-electron chi connectivity index (χ1n) is 6.25. The van der Waals surface area contributed by atoms with Crippen LogP contribution in [0.2, 0.25) is 0 Å². The summed E-state index contributed by atoms with van der Waals surface area (Å²) in [5.74, 6) is -3.65. The topological polar surface area (TPSA) is 24.1 Å². The number of benzene rings is 1. The summed E-state index contributed by atoms with van der Waals surface area (Å²) in [6, 6.07) is 2.90. The zero-order valence-corrected chi connectivity index (χ0v) is 10.1. The van der Waals surface area contributed by atoms with E-state index in [1.807, 2.05) is 0 Å². The number of hydrogen-bond donors (Lipinski definition) is 2. The maximum Gasteiger partial charge on any atom is 0.194 e. The predicted octanol–water partition coefficient (Wildman–Crippen LogP) is 2.34. The Labute approximate surface area is 105 Å². The van der Waals surface area contributed by atoms with Crippen molar-refractivity contribution in [1.82, 2.24) is 10.6 Å². The Morgan fingerprint density at radius 3 is 2.56 bits per heavy atom. The van der Waals surface area contributed by atoms with Gasteiger partial charge in [0.15, 0.2) is 17.5 Å². The lowest BCUT2D eigenvalue weighted by Gasteiger charge is -2.07. The molecule has 2 rings (SSSR count). The molecule has 1 aromatic carbocycles. The first kappa shape index (κ1) is 13.4. The van der Waals surface area contributed by atoms with E-state index in [0.29, 0.717) is 6.04 Å². The van der Waals surface area contributed by atoms with Crippen molar-refractivity contribution in [2.24, 2.45) is 0 Å². The quantitative estimate of drug-likeness (QED) is 0.579. The van der Waals surface area contributed by atoms with Crippen LogP contribution in [0.4, 0.5) is 13.2 Å². The molecule has 1 aliphatic rings. The predicted molar refractivity (Wildman–Crippen MR) is 63.7 cm³/mol. The second-order valence-corrected chi connectivity index (χ2v) is 4.59. The van der Waals surface area contributed by atoms with E-state index < -0.39 is 17.5 Å². The van der Waals surface area contributed by atoms with Crippen molar-refractivity contribution in [3.05, 3.63) is 35.1 Å². The summed E-state index contributed by atoms with van der Waals surface area (Å²) in [6.45, 7) is 1.86. The molecule has 1 aromatic rings. The van der Waals surface area contributed by atoms with Crippen LogP contribution in [0.1, 0.15) is 24.8 Å². The molecule has 1 aliphatic carbocycles. The first-order valence-corrected chi connectivity index (χ1v) is 6.25. The molecule has 0 saturated heterocycles. The second-order valence-electron chi connectivity index (χ2n) is 4.59. The Morgan fingerprint density at radius 1 is 1.06 bits per heavy atom. The maximum absolute atomic E-state index is 13.3. The van der Waals surface area contributed by atoms with E-state index in [-0.39, 0.29) is 12.1 Å². The van der Waals surface area contributed by atoms with Crippen molar-refractivity contribution in [3.8, 4) is 0 Å². The lowest BCUT2D eigenvalue weighted by Crippen LogP contribution is -2.23. The number of nitrogens with one attached hydrogen (secondary N) is 2. The smallest absolute Gasteiger partial charge is 0.194 e. The summed E-state index contributed by atoms with van der Waals surface area (Å²) in [4.78, 5) is 0. The molecule has 2 nitrogen and oxygen atoms in total. The minimum absolute atomic E-state index is 0.157. The van der Waals surface area contributed by atoms with Crippen LogP contribution in [0.25, 0.3) is 0 Å². The highest BCUT2D eigenvalue weighted by Crippen LogP contribution is 2.18. The van der Waals surface area contributed by atoms with E-state index >= 15 is 0 Å². The number of rotatable bonds is 7. The van der Waals surface area contributed by atoms with Crippen LogP contribution in [-0.2, 0) is 6.54 Å². The van der Waals surface area contributed by atoms with Crippen molar-refractivity contribution >= 4 is 0 Å². The summed E-state index contributed by atoms with van der Waals surface area (Å²) in [6.07, 6.45) is 3.45. The molecule has 0 bridgehead atoms. The third-order valence-electron chi connectivity index (χ3n) is 2.97. The van der Waals surface area contributed by atoms with Gasteiger partial charge < -0.3 is 10.6 Å². The van der Waals surface area contributed by atoms with Gasteiger partial charge in [-0.2, -0.15) is 0 Å². The molecule has 0 heterocycles. The van der Waals surface area contributed by atoms with Crippen molar-refractivity contribution in [1.29, 1.82) is 0 Å². The van der Waals surface area contributed by atoms with Crippen LogP contribution in [-0.4, -0.2) is 19.1 Å². The normalized spacial score (nSPS) is 15.1. The molecule has 18 heavy (non-hydrogen) atoms. The Hall–Kier alpha value is -1.07. The van der Waals surface area contributed by atoms with Gasteiger partial charge in [0.1, 0.15) is 0 Å². The highest BCUT2D eigenvalue weighted by molar-refractivity contribution is 5.20. The molecule has 0 radical (unpaired) electrons. The van der Waals surface area contributed by atoms with Crippen molar-refractivity contribution < 1.29 is 13.2 Å². The van der Waals surface area contributed by atoms with Crippen LogP contribution < -0.4 is 10.6 Å². The van der Waals surface area contributed by atoms with Gasteiger partial charge in [-0.25, -0.2) is 13.2 Å². The maximum atomic E-state index is 13.3. The van der Waals surface area contributed by atoms with Crippen LogP contribution in [0, 0.1) is 17.5 Å². The van der Waals surface area contributed by atoms with Gasteiger partial charge in [-0.1, -0.05) is 6.07 Å². The first-order chi connectivity index (χ1) is 8.68. The highest BCUT2D eigenvalue weighted by Gasteiger charge is 2.19. The van der Waals surface area contributed by atoms with Crippen molar-refractivity contribution in [2.75, 3.05) is 13.1 Å². The van der Waals surface area contributed by atoms with Gasteiger partial charge in [0, 0.05) is 18.2 Å². The van der Waals surface area contributed by atoms with Gasteiger partial charge in [-0.15, -0.1) is 0 Å². The van der Waals surface area contributed by atoms with Crippen molar-refractivity contribution in [3.63, 3.8) is 0 Å². The zero-order valence-electron chi connectivity index (χ0n) is 10.1. The fraction of sp³-hybridized carbons (Fsp3) is 0.538. The lowest BCUT2D eigenvalue weighted by molar-refractivity contribution is 0.438. The number of halogens is 3. The summed E-state index contributed by atoms with van der Waals surface area (Å²) < 4.78 is 38.9. The largest absolute Gasteiger partial charge is 0.314 e. The Kier molecular flexibility index (Phi) is 4.60. The van der Waals surface area contributed by atoms with Crippen LogP contribution in [0.3, 0.4) is 0 Å². The summed E-state index contributed by atoms with van der Waals surface area (Å²) >= 11 is 0. The Morgan fingerprint density at radius 2 is 1.83 bits per heavy atom. The molecule has 100 valence electrons. The standard InChI is InChI=1S/C13H17F3N2/c14-11-5-2-9(12(15)13(11)16)8-17-6-1-7-18-10-3-4-10/h2,5,10,17-18H,1,3-4,6-8H2. The van der Waals surface area contributed by atoms with Gasteiger partial charge in [0.2, 0.25) is 0 Å². The van der Waals surface area contributed by atoms with Gasteiger partial charge in [-0.3, -0.25) is 0 Å². The molecule has 5 heteroatoms. The van der Waals surface area contributed by atoms with Crippen LogP contribution >= 0.6 is 0 Å². The van der Waals surface area contributed by atoms with E-state index in [0.717, 1.165) is 25.6 Å².